The number of hydrogen-bond donors (Lipinski definition) is 2. The SMILES string of the molecule is Nc1nccnc1[C@H]1CN(C(=O)CC2(O)CCCCC2)CCO1. The third-order valence-corrected chi connectivity index (χ3v) is 4.75. The Morgan fingerprint density at radius 1 is 1.35 bits per heavy atom. The number of hydrogen-bond acceptors (Lipinski definition) is 6. The fourth-order valence-corrected chi connectivity index (χ4v) is 3.43. The number of ether oxygens (including phenoxy) is 1. The van der Waals surface area contributed by atoms with Gasteiger partial charge in [0.15, 0.2) is 0 Å². The molecular weight excluding hydrogens is 296 g/mol. The Morgan fingerprint density at radius 3 is 2.83 bits per heavy atom. The van der Waals surface area contributed by atoms with E-state index < -0.39 is 5.60 Å². The molecule has 1 saturated heterocycles. The minimum absolute atomic E-state index is 0.0230. The molecule has 1 atom stereocenters. The van der Waals surface area contributed by atoms with Crippen LogP contribution in [0, 0.1) is 0 Å². The second-order valence-electron chi connectivity index (χ2n) is 6.49. The van der Waals surface area contributed by atoms with Gasteiger partial charge in [0.05, 0.1) is 25.2 Å². The number of aromatic nitrogens is 2. The summed E-state index contributed by atoms with van der Waals surface area (Å²) in [7, 11) is 0. The number of rotatable bonds is 3. The number of morpholine rings is 1. The number of anilines is 1. The van der Waals surface area contributed by atoms with Crippen LogP contribution in [0.4, 0.5) is 5.82 Å². The van der Waals surface area contributed by atoms with Gasteiger partial charge in [0.1, 0.15) is 17.6 Å². The minimum Gasteiger partial charge on any atom is -0.389 e. The molecule has 0 bridgehead atoms. The van der Waals surface area contributed by atoms with Crippen molar-refractivity contribution in [3.8, 4) is 0 Å². The third kappa shape index (κ3) is 3.79. The van der Waals surface area contributed by atoms with Gasteiger partial charge >= 0.3 is 0 Å². The van der Waals surface area contributed by atoms with Crippen LogP contribution in [0.15, 0.2) is 12.4 Å². The maximum Gasteiger partial charge on any atom is 0.225 e. The van der Waals surface area contributed by atoms with Crippen molar-refractivity contribution in [2.24, 2.45) is 0 Å². The van der Waals surface area contributed by atoms with Crippen LogP contribution in [-0.2, 0) is 9.53 Å². The van der Waals surface area contributed by atoms with Gasteiger partial charge in [-0.2, -0.15) is 0 Å². The third-order valence-electron chi connectivity index (χ3n) is 4.75. The first-order chi connectivity index (χ1) is 11.1. The van der Waals surface area contributed by atoms with Crippen LogP contribution in [0.2, 0.25) is 0 Å². The monoisotopic (exact) mass is 320 g/mol. The molecule has 0 aromatic carbocycles. The average molecular weight is 320 g/mol. The zero-order valence-electron chi connectivity index (χ0n) is 13.3. The second-order valence-corrected chi connectivity index (χ2v) is 6.49. The van der Waals surface area contributed by atoms with Crippen molar-refractivity contribution in [3.05, 3.63) is 18.1 Å². The molecule has 7 nitrogen and oxygen atoms in total. The highest BCUT2D eigenvalue weighted by Crippen LogP contribution is 2.32. The molecule has 2 heterocycles. The Bertz CT molecular complexity index is 560. The van der Waals surface area contributed by atoms with Crippen molar-refractivity contribution in [1.82, 2.24) is 14.9 Å². The standard InChI is InChI=1S/C16H24N4O3/c17-15-14(18-6-7-19-15)12-11-20(8-9-23-12)13(21)10-16(22)4-2-1-3-5-16/h6-7,12,22H,1-5,8-11H2,(H2,17,19)/t12-/m1/s1. The summed E-state index contributed by atoms with van der Waals surface area (Å²) in [6.07, 6.45) is 7.48. The van der Waals surface area contributed by atoms with Crippen molar-refractivity contribution in [3.63, 3.8) is 0 Å². The summed E-state index contributed by atoms with van der Waals surface area (Å²) < 4.78 is 5.70. The summed E-state index contributed by atoms with van der Waals surface area (Å²) in [5.41, 5.74) is 5.58. The Labute approximate surface area is 135 Å². The molecule has 3 rings (SSSR count). The van der Waals surface area contributed by atoms with Crippen molar-refractivity contribution in [1.29, 1.82) is 0 Å². The van der Waals surface area contributed by atoms with E-state index in [4.69, 9.17) is 10.5 Å². The summed E-state index contributed by atoms with van der Waals surface area (Å²) in [6, 6.07) is 0. The van der Waals surface area contributed by atoms with E-state index in [0.717, 1.165) is 19.3 Å². The molecule has 0 radical (unpaired) electrons. The van der Waals surface area contributed by atoms with E-state index >= 15 is 0 Å². The Hall–Kier alpha value is -1.73. The summed E-state index contributed by atoms with van der Waals surface area (Å²) in [5.74, 6) is 0.308. The largest absolute Gasteiger partial charge is 0.389 e. The summed E-state index contributed by atoms with van der Waals surface area (Å²) in [6.45, 7) is 1.37. The van der Waals surface area contributed by atoms with Gasteiger partial charge in [-0.25, -0.2) is 4.98 Å². The molecule has 2 aliphatic rings. The van der Waals surface area contributed by atoms with E-state index in [0.29, 0.717) is 44.0 Å². The van der Waals surface area contributed by atoms with Crippen molar-refractivity contribution >= 4 is 11.7 Å². The fourth-order valence-electron chi connectivity index (χ4n) is 3.43. The van der Waals surface area contributed by atoms with Crippen LogP contribution >= 0.6 is 0 Å². The smallest absolute Gasteiger partial charge is 0.225 e. The highest BCUT2D eigenvalue weighted by Gasteiger charge is 2.35. The number of nitrogens with zero attached hydrogens (tertiary/aromatic N) is 3. The van der Waals surface area contributed by atoms with E-state index in [2.05, 4.69) is 9.97 Å². The molecule has 3 N–H and O–H groups in total. The van der Waals surface area contributed by atoms with Crippen LogP contribution in [0.5, 0.6) is 0 Å². The molecule has 1 aromatic rings. The topological polar surface area (TPSA) is 102 Å². The Kier molecular flexibility index (Phi) is 4.77. The number of carbonyl (C=O) groups is 1. The molecule has 0 spiro atoms. The van der Waals surface area contributed by atoms with Gasteiger partial charge in [0, 0.05) is 18.9 Å². The van der Waals surface area contributed by atoms with E-state index in [9.17, 15) is 9.90 Å². The first-order valence-corrected chi connectivity index (χ1v) is 8.25. The molecule has 7 heteroatoms. The number of amides is 1. The molecule has 1 amide bonds. The second kappa shape index (κ2) is 6.80. The highest BCUT2D eigenvalue weighted by atomic mass is 16.5. The molecule has 1 aromatic heterocycles. The quantitative estimate of drug-likeness (QED) is 0.863. The average Bonchev–Trinajstić information content (AvgIpc) is 2.55. The molecule has 126 valence electrons. The van der Waals surface area contributed by atoms with E-state index in [-0.39, 0.29) is 18.4 Å². The Morgan fingerprint density at radius 2 is 2.09 bits per heavy atom. The lowest BCUT2D eigenvalue weighted by Gasteiger charge is -2.37. The van der Waals surface area contributed by atoms with Gasteiger partial charge in [0.2, 0.25) is 5.91 Å². The Balaban J connectivity index is 1.64. The number of nitrogen functional groups attached to an aromatic ring is 1. The van der Waals surface area contributed by atoms with E-state index in [1.807, 2.05) is 0 Å². The van der Waals surface area contributed by atoms with E-state index in [1.165, 1.54) is 6.20 Å². The molecule has 1 saturated carbocycles. The predicted molar refractivity (Wildman–Crippen MR) is 84.4 cm³/mol. The lowest BCUT2D eigenvalue weighted by molar-refractivity contribution is -0.145. The summed E-state index contributed by atoms with van der Waals surface area (Å²) >= 11 is 0. The van der Waals surface area contributed by atoms with Crippen molar-refractivity contribution in [2.45, 2.75) is 50.2 Å². The molecule has 0 unspecified atom stereocenters. The first kappa shape index (κ1) is 16.1. The highest BCUT2D eigenvalue weighted by molar-refractivity contribution is 5.77. The zero-order valence-corrected chi connectivity index (χ0v) is 13.3. The first-order valence-electron chi connectivity index (χ1n) is 8.25. The van der Waals surface area contributed by atoms with Gasteiger partial charge in [-0.3, -0.25) is 9.78 Å². The summed E-state index contributed by atoms with van der Waals surface area (Å²) in [4.78, 5) is 22.6. The van der Waals surface area contributed by atoms with Crippen molar-refractivity contribution in [2.75, 3.05) is 25.4 Å². The molecule has 1 aliphatic heterocycles. The molecular formula is C16H24N4O3. The van der Waals surface area contributed by atoms with Gasteiger partial charge < -0.3 is 20.5 Å². The molecule has 1 aliphatic carbocycles. The van der Waals surface area contributed by atoms with Crippen LogP contribution in [0.3, 0.4) is 0 Å². The fraction of sp³-hybridized carbons (Fsp3) is 0.688. The van der Waals surface area contributed by atoms with Crippen LogP contribution in [-0.4, -0.2) is 51.2 Å². The number of aliphatic hydroxyl groups is 1. The van der Waals surface area contributed by atoms with Crippen LogP contribution in [0.25, 0.3) is 0 Å². The number of nitrogens with two attached hydrogens (primary N) is 1. The molecule has 23 heavy (non-hydrogen) atoms. The normalized spacial score (nSPS) is 24.4. The van der Waals surface area contributed by atoms with E-state index in [1.54, 1.807) is 11.1 Å². The van der Waals surface area contributed by atoms with Crippen molar-refractivity contribution < 1.29 is 14.6 Å². The van der Waals surface area contributed by atoms with Gasteiger partial charge in [-0.05, 0) is 12.8 Å². The lowest BCUT2D eigenvalue weighted by Crippen LogP contribution is -2.46. The van der Waals surface area contributed by atoms with Crippen LogP contribution in [0.1, 0.15) is 50.3 Å². The van der Waals surface area contributed by atoms with Gasteiger partial charge in [0.25, 0.3) is 0 Å². The predicted octanol–water partition coefficient (Wildman–Crippen LogP) is 1.04. The minimum atomic E-state index is -0.839. The van der Waals surface area contributed by atoms with Crippen LogP contribution < -0.4 is 5.73 Å². The summed E-state index contributed by atoms with van der Waals surface area (Å²) in [5, 5.41) is 10.6. The maximum absolute atomic E-state index is 12.6. The van der Waals surface area contributed by atoms with Gasteiger partial charge in [-0.1, -0.05) is 19.3 Å². The maximum atomic E-state index is 12.6. The van der Waals surface area contributed by atoms with Gasteiger partial charge in [-0.15, -0.1) is 0 Å². The zero-order chi connectivity index (χ0) is 16.3. The molecule has 2 fully saturated rings. The number of carbonyl (C=O) groups excluding carboxylic acids is 1. The lowest BCUT2D eigenvalue weighted by atomic mass is 9.82.